The van der Waals surface area contributed by atoms with E-state index in [1.807, 2.05) is 0 Å². The Labute approximate surface area is 125 Å². The Morgan fingerprint density at radius 2 is 2.00 bits per heavy atom. The number of phenolic OH excluding ortho intramolecular Hbond substituents is 1. The zero-order chi connectivity index (χ0) is 16.1. The van der Waals surface area contributed by atoms with Crippen molar-refractivity contribution in [1.29, 1.82) is 0 Å². The standard InChI is InChI=1S/C15H13FN2O4/c1-10(12-4-7-15(19)14(16)8-12)17-22-9-11-2-5-13(6-3-11)18(20)21/h2-8,17,19H,1,9H2. The summed E-state index contributed by atoms with van der Waals surface area (Å²) in [5, 5.41) is 19.6. The molecule has 0 fully saturated rings. The van der Waals surface area contributed by atoms with Gasteiger partial charge in [0.25, 0.3) is 5.69 Å². The second-order valence-electron chi connectivity index (χ2n) is 4.46. The highest BCUT2D eigenvalue weighted by molar-refractivity contribution is 5.61. The van der Waals surface area contributed by atoms with Crippen LogP contribution in [0.5, 0.6) is 5.75 Å². The molecule has 0 saturated carbocycles. The highest BCUT2D eigenvalue weighted by Crippen LogP contribution is 2.19. The van der Waals surface area contributed by atoms with E-state index in [-0.39, 0.29) is 12.3 Å². The van der Waals surface area contributed by atoms with Gasteiger partial charge in [0.2, 0.25) is 0 Å². The van der Waals surface area contributed by atoms with Crippen molar-refractivity contribution < 1.29 is 19.3 Å². The molecule has 2 N–H and O–H groups in total. The van der Waals surface area contributed by atoms with E-state index in [9.17, 15) is 14.5 Å². The van der Waals surface area contributed by atoms with Crippen LogP contribution in [0.25, 0.3) is 5.70 Å². The molecule has 6 nitrogen and oxygen atoms in total. The molecular formula is C15H13FN2O4. The third kappa shape index (κ3) is 3.80. The number of nitro benzene ring substituents is 1. The smallest absolute Gasteiger partial charge is 0.269 e. The van der Waals surface area contributed by atoms with Crippen LogP contribution in [-0.2, 0) is 11.4 Å². The molecule has 0 aliphatic rings. The van der Waals surface area contributed by atoms with Gasteiger partial charge in [0.1, 0.15) is 0 Å². The zero-order valence-corrected chi connectivity index (χ0v) is 11.5. The fraction of sp³-hybridized carbons (Fsp3) is 0.0667. The first-order valence-electron chi connectivity index (χ1n) is 6.26. The number of hydrogen-bond donors (Lipinski definition) is 2. The molecule has 114 valence electrons. The van der Waals surface area contributed by atoms with Crippen molar-refractivity contribution in [1.82, 2.24) is 5.48 Å². The van der Waals surface area contributed by atoms with Crippen LogP contribution in [0.3, 0.4) is 0 Å². The van der Waals surface area contributed by atoms with E-state index in [4.69, 9.17) is 9.94 Å². The van der Waals surface area contributed by atoms with E-state index in [1.165, 1.54) is 24.3 Å². The minimum atomic E-state index is -0.754. The molecule has 22 heavy (non-hydrogen) atoms. The zero-order valence-electron chi connectivity index (χ0n) is 11.5. The third-order valence-electron chi connectivity index (χ3n) is 2.88. The van der Waals surface area contributed by atoms with Crippen molar-refractivity contribution in [2.45, 2.75) is 6.61 Å². The predicted molar refractivity (Wildman–Crippen MR) is 78.1 cm³/mol. The summed E-state index contributed by atoms with van der Waals surface area (Å²) in [6.07, 6.45) is 0. The largest absolute Gasteiger partial charge is 0.505 e. The van der Waals surface area contributed by atoms with Gasteiger partial charge in [-0.3, -0.25) is 20.4 Å². The molecule has 0 amide bonds. The number of halogens is 1. The lowest BCUT2D eigenvalue weighted by Crippen LogP contribution is -2.12. The van der Waals surface area contributed by atoms with Crippen LogP contribution in [0.2, 0.25) is 0 Å². The van der Waals surface area contributed by atoms with E-state index in [0.29, 0.717) is 11.3 Å². The first kappa shape index (κ1) is 15.5. The van der Waals surface area contributed by atoms with Gasteiger partial charge in [0.05, 0.1) is 17.2 Å². The Kier molecular flexibility index (Phi) is 4.70. The van der Waals surface area contributed by atoms with Crippen LogP contribution in [0.1, 0.15) is 11.1 Å². The van der Waals surface area contributed by atoms with Gasteiger partial charge < -0.3 is 5.11 Å². The molecule has 0 heterocycles. The maximum absolute atomic E-state index is 13.2. The number of benzene rings is 2. The normalized spacial score (nSPS) is 10.2. The molecule has 0 aromatic heterocycles. The highest BCUT2D eigenvalue weighted by atomic mass is 19.1. The maximum atomic E-state index is 13.2. The van der Waals surface area contributed by atoms with Crippen molar-refractivity contribution in [3.63, 3.8) is 0 Å². The number of phenols is 1. The van der Waals surface area contributed by atoms with E-state index >= 15 is 0 Å². The molecule has 0 aliphatic heterocycles. The van der Waals surface area contributed by atoms with E-state index in [2.05, 4.69) is 12.1 Å². The van der Waals surface area contributed by atoms with Gasteiger partial charge in [-0.15, -0.1) is 0 Å². The summed E-state index contributed by atoms with van der Waals surface area (Å²) < 4.78 is 13.2. The van der Waals surface area contributed by atoms with Gasteiger partial charge in [-0.25, -0.2) is 4.39 Å². The van der Waals surface area contributed by atoms with Gasteiger partial charge in [0, 0.05) is 17.7 Å². The average Bonchev–Trinajstić information content (AvgIpc) is 2.50. The Morgan fingerprint density at radius 3 is 2.59 bits per heavy atom. The number of aromatic hydroxyl groups is 1. The molecular weight excluding hydrogens is 291 g/mol. The van der Waals surface area contributed by atoms with Crippen LogP contribution >= 0.6 is 0 Å². The molecule has 2 aromatic carbocycles. The van der Waals surface area contributed by atoms with Gasteiger partial charge in [-0.05, 0) is 35.9 Å². The van der Waals surface area contributed by atoms with Crippen molar-refractivity contribution in [3.05, 3.63) is 76.1 Å². The number of nitro groups is 1. The summed E-state index contributed by atoms with van der Waals surface area (Å²) in [4.78, 5) is 15.2. The topological polar surface area (TPSA) is 84.6 Å². The van der Waals surface area contributed by atoms with Crippen molar-refractivity contribution >= 4 is 11.4 Å². The van der Waals surface area contributed by atoms with E-state index < -0.39 is 16.5 Å². The number of non-ortho nitro benzene ring substituents is 1. The number of hydrogen-bond acceptors (Lipinski definition) is 5. The molecule has 0 aliphatic carbocycles. The van der Waals surface area contributed by atoms with Crippen LogP contribution < -0.4 is 5.48 Å². The van der Waals surface area contributed by atoms with Gasteiger partial charge in [-0.1, -0.05) is 6.58 Å². The lowest BCUT2D eigenvalue weighted by atomic mass is 10.1. The Balaban J connectivity index is 1.88. The quantitative estimate of drug-likeness (QED) is 0.632. The molecule has 0 radical (unpaired) electrons. The third-order valence-corrected chi connectivity index (χ3v) is 2.88. The first-order valence-corrected chi connectivity index (χ1v) is 6.26. The van der Waals surface area contributed by atoms with Gasteiger partial charge in [-0.2, -0.15) is 0 Å². The van der Waals surface area contributed by atoms with Crippen LogP contribution in [0, 0.1) is 15.9 Å². The summed E-state index contributed by atoms with van der Waals surface area (Å²) in [6, 6.07) is 9.73. The summed E-state index contributed by atoms with van der Waals surface area (Å²) in [7, 11) is 0. The lowest BCUT2D eigenvalue weighted by Gasteiger charge is -2.10. The summed E-state index contributed by atoms with van der Waals surface area (Å²) in [6.45, 7) is 3.84. The number of rotatable bonds is 6. The second-order valence-corrected chi connectivity index (χ2v) is 4.46. The minimum absolute atomic E-state index is 0.000636. The summed E-state index contributed by atoms with van der Waals surface area (Å²) in [5.74, 6) is -1.20. The summed E-state index contributed by atoms with van der Waals surface area (Å²) in [5.41, 5.74) is 4.03. The van der Waals surface area contributed by atoms with Crippen LogP contribution in [0.4, 0.5) is 10.1 Å². The Hall–Kier alpha value is -2.93. The van der Waals surface area contributed by atoms with Crippen LogP contribution in [0.15, 0.2) is 49.0 Å². The number of nitrogens with zero attached hydrogens (tertiary/aromatic N) is 1. The first-order chi connectivity index (χ1) is 10.5. The predicted octanol–water partition coefficient (Wildman–Crippen LogP) is 3.13. The molecule has 0 bridgehead atoms. The molecule has 0 atom stereocenters. The molecule has 0 unspecified atom stereocenters. The van der Waals surface area contributed by atoms with Gasteiger partial charge >= 0.3 is 0 Å². The Bertz CT molecular complexity index is 701. The summed E-state index contributed by atoms with van der Waals surface area (Å²) >= 11 is 0. The van der Waals surface area contributed by atoms with E-state index in [0.717, 1.165) is 11.6 Å². The maximum Gasteiger partial charge on any atom is 0.269 e. The monoisotopic (exact) mass is 304 g/mol. The highest BCUT2D eigenvalue weighted by Gasteiger charge is 2.06. The van der Waals surface area contributed by atoms with Crippen molar-refractivity contribution in [2.75, 3.05) is 0 Å². The number of hydroxylamine groups is 1. The molecule has 0 spiro atoms. The molecule has 2 aromatic rings. The van der Waals surface area contributed by atoms with E-state index in [1.54, 1.807) is 12.1 Å². The lowest BCUT2D eigenvalue weighted by molar-refractivity contribution is -0.384. The number of nitrogens with one attached hydrogen (secondary N) is 1. The average molecular weight is 304 g/mol. The van der Waals surface area contributed by atoms with Crippen molar-refractivity contribution in [3.8, 4) is 5.75 Å². The fourth-order valence-electron chi connectivity index (χ4n) is 1.67. The molecule has 2 rings (SSSR count). The molecule has 7 heteroatoms. The van der Waals surface area contributed by atoms with Gasteiger partial charge in [0.15, 0.2) is 11.6 Å². The Morgan fingerprint density at radius 1 is 1.32 bits per heavy atom. The van der Waals surface area contributed by atoms with Crippen molar-refractivity contribution in [2.24, 2.45) is 0 Å². The molecule has 0 saturated heterocycles. The SMILES string of the molecule is C=C(NOCc1ccc([N+](=O)[O-])cc1)c1ccc(O)c(F)c1. The minimum Gasteiger partial charge on any atom is -0.505 e. The second kappa shape index (κ2) is 6.68. The van der Waals surface area contributed by atoms with Crippen LogP contribution in [-0.4, -0.2) is 10.0 Å². The fourth-order valence-corrected chi connectivity index (χ4v) is 1.67.